The number of allylic oxidation sites excluding steroid dienone is 2. The number of likely N-dealkylation sites (tertiary alicyclic amines) is 1. The van der Waals surface area contributed by atoms with Crippen molar-refractivity contribution in [1.29, 1.82) is 0 Å². The lowest BCUT2D eigenvalue weighted by Gasteiger charge is -2.49. The molecule has 1 heterocycles. The van der Waals surface area contributed by atoms with Crippen molar-refractivity contribution in [2.24, 2.45) is 5.41 Å². The second-order valence-electron chi connectivity index (χ2n) is 6.34. The zero-order chi connectivity index (χ0) is 17.1. The first-order chi connectivity index (χ1) is 10.6. The lowest BCUT2D eigenvalue weighted by molar-refractivity contribution is -0.0538. The molecule has 2 aliphatic rings. The van der Waals surface area contributed by atoms with Crippen molar-refractivity contribution in [3.8, 4) is 0 Å². The van der Waals surface area contributed by atoms with Gasteiger partial charge in [-0.25, -0.2) is 0 Å². The van der Waals surface area contributed by atoms with Crippen LogP contribution in [0.5, 0.6) is 0 Å². The van der Waals surface area contributed by atoms with Gasteiger partial charge in [-0.05, 0) is 18.4 Å². The summed E-state index contributed by atoms with van der Waals surface area (Å²) in [5.74, 6) is 0. The molecule has 1 fully saturated rings. The van der Waals surface area contributed by atoms with Crippen molar-refractivity contribution in [1.82, 2.24) is 4.90 Å². The van der Waals surface area contributed by atoms with Crippen LogP contribution in [0.15, 0.2) is 23.8 Å². The highest BCUT2D eigenvalue weighted by molar-refractivity contribution is 7.86. The van der Waals surface area contributed by atoms with Crippen LogP contribution in [0.25, 0.3) is 0 Å². The number of hydrogen-bond donors (Lipinski definition) is 0. The molecule has 1 aliphatic heterocycles. The Morgan fingerprint density at radius 1 is 1.04 bits per heavy atom. The van der Waals surface area contributed by atoms with Crippen LogP contribution in [0.2, 0.25) is 0 Å². The summed E-state index contributed by atoms with van der Waals surface area (Å²) in [5.41, 5.74) is 0.600. The lowest BCUT2D eigenvalue weighted by Crippen LogP contribution is -2.61. The van der Waals surface area contributed by atoms with Crippen LogP contribution in [0.3, 0.4) is 0 Å². The minimum Gasteiger partial charge on any atom is -0.298 e. The molecule has 2 rings (SSSR count). The molecule has 0 aromatic carbocycles. The van der Waals surface area contributed by atoms with Gasteiger partial charge in [-0.15, -0.1) is 0 Å². The van der Waals surface area contributed by atoms with Crippen LogP contribution in [0, 0.1) is 5.41 Å². The molecule has 0 aromatic rings. The molecule has 0 bridgehead atoms. The van der Waals surface area contributed by atoms with Crippen molar-refractivity contribution in [3.05, 3.63) is 23.8 Å². The highest BCUT2D eigenvalue weighted by Crippen LogP contribution is 2.33. The first-order valence-corrected chi connectivity index (χ1v) is 11.0. The van der Waals surface area contributed by atoms with Crippen LogP contribution in [-0.4, -0.2) is 67.1 Å². The van der Waals surface area contributed by atoms with Crippen molar-refractivity contribution in [3.63, 3.8) is 0 Å². The van der Waals surface area contributed by atoms with Crippen molar-refractivity contribution in [2.75, 3.05) is 45.4 Å². The molecule has 0 aromatic heterocycles. The standard InChI is InChI=1S/C14H23NO6S2/c1-22(16,17)20-11-14(12-21-23(2,18)19)9-15(10-14)8-13-6-4-3-5-7-13/h4,6-7H,3,5,8-12H2,1-2H3. The topological polar surface area (TPSA) is 90.0 Å². The summed E-state index contributed by atoms with van der Waals surface area (Å²) < 4.78 is 54.6. The number of nitrogens with zero attached hydrogens (tertiary/aromatic N) is 1. The second kappa shape index (κ2) is 7.02. The van der Waals surface area contributed by atoms with Crippen LogP contribution in [0.4, 0.5) is 0 Å². The van der Waals surface area contributed by atoms with E-state index in [0.29, 0.717) is 13.1 Å². The fraction of sp³-hybridized carbons (Fsp3) is 0.714. The van der Waals surface area contributed by atoms with Gasteiger partial charge in [0.1, 0.15) is 0 Å². The van der Waals surface area contributed by atoms with E-state index in [1.807, 2.05) is 0 Å². The second-order valence-corrected chi connectivity index (χ2v) is 9.62. The Bertz CT molecular complexity index is 649. The fourth-order valence-corrected chi connectivity index (χ4v) is 3.67. The maximum atomic E-state index is 11.2. The molecule has 132 valence electrons. The minimum atomic E-state index is -3.58. The van der Waals surface area contributed by atoms with Crippen LogP contribution in [-0.2, 0) is 28.6 Å². The van der Waals surface area contributed by atoms with Gasteiger partial charge in [0.25, 0.3) is 20.2 Å². The molecule has 0 unspecified atom stereocenters. The monoisotopic (exact) mass is 365 g/mol. The molecule has 0 amide bonds. The van der Waals surface area contributed by atoms with Gasteiger partial charge in [0.05, 0.1) is 25.7 Å². The van der Waals surface area contributed by atoms with E-state index in [9.17, 15) is 16.8 Å². The highest BCUT2D eigenvalue weighted by Gasteiger charge is 2.45. The van der Waals surface area contributed by atoms with Gasteiger partial charge < -0.3 is 0 Å². The predicted octanol–water partition coefficient (Wildman–Crippen LogP) is 0.517. The third-order valence-corrected chi connectivity index (χ3v) is 4.85. The van der Waals surface area contributed by atoms with E-state index in [1.165, 1.54) is 5.57 Å². The molecule has 0 spiro atoms. The summed E-state index contributed by atoms with van der Waals surface area (Å²) in [5, 5.41) is 0. The normalized spacial score (nSPS) is 21.7. The molecule has 0 radical (unpaired) electrons. The summed E-state index contributed by atoms with van der Waals surface area (Å²) >= 11 is 0. The SMILES string of the molecule is CS(=O)(=O)OCC1(COS(C)(=O)=O)CN(CC2=CCCC=C2)C1. The maximum absolute atomic E-state index is 11.2. The summed E-state index contributed by atoms with van der Waals surface area (Å²) in [7, 11) is -7.16. The maximum Gasteiger partial charge on any atom is 0.264 e. The van der Waals surface area contributed by atoms with Crippen molar-refractivity contribution in [2.45, 2.75) is 12.8 Å². The summed E-state index contributed by atoms with van der Waals surface area (Å²) in [6.07, 6.45) is 10.4. The Morgan fingerprint density at radius 3 is 2.04 bits per heavy atom. The molecule has 7 nitrogen and oxygen atoms in total. The van der Waals surface area contributed by atoms with E-state index in [-0.39, 0.29) is 13.2 Å². The highest BCUT2D eigenvalue weighted by atomic mass is 32.2. The van der Waals surface area contributed by atoms with E-state index in [2.05, 4.69) is 23.1 Å². The number of rotatable bonds is 8. The van der Waals surface area contributed by atoms with Crippen LogP contribution in [0.1, 0.15) is 12.8 Å². The summed E-state index contributed by atoms with van der Waals surface area (Å²) in [4.78, 5) is 2.12. The van der Waals surface area contributed by atoms with Gasteiger partial charge in [0.2, 0.25) is 0 Å². The zero-order valence-electron chi connectivity index (χ0n) is 13.4. The Balaban J connectivity index is 1.94. The van der Waals surface area contributed by atoms with Crippen molar-refractivity contribution >= 4 is 20.2 Å². The summed E-state index contributed by atoms with van der Waals surface area (Å²) in [6.45, 7) is 1.67. The lowest BCUT2D eigenvalue weighted by atomic mass is 9.81. The average molecular weight is 365 g/mol. The van der Waals surface area contributed by atoms with E-state index in [0.717, 1.165) is 31.9 Å². The molecule has 1 aliphatic carbocycles. The van der Waals surface area contributed by atoms with Gasteiger partial charge >= 0.3 is 0 Å². The summed E-state index contributed by atoms with van der Waals surface area (Å²) in [6, 6.07) is 0. The molecule has 0 N–H and O–H groups in total. The van der Waals surface area contributed by atoms with Gasteiger partial charge in [-0.1, -0.05) is 18.2 Å². The van der Waals surface area contributed by atoms with Gasteiger partial charge in [0.15, 0.2) is 0 Å². The zero-order valence-corrected chi connectivity index (χ0v) is 15.0. The number of hydrogen-bond acceptors (Lipinski definition) is 7. The first-order valence-electron chi connectivity index (χ1n) is 7.34. The van der Waals surface area contributed by atoms with Gasteiger partial charge in [-0.2, -0.15) is 16.8 Å². The quantitative estimate of drug-likeness (QED) is 0.579. The first kappa shape index (κ1) is 18.6. The third-order valence-electron chi connectivity index (χ3n) is 3.75. The average Bonchev–Trinajstić information content (AvgIpc) is 2.39. The Hall–Kier alpha value is -0.740. The molecule has 23 heavy (non-hydrogen) atoms. The van der Waals surface area contributed by atoms with Crippen molar-refractivity contribution < 1.29 is 25.2 Å². The Morgan fingerprint density at radius 2 is 1.61 bits per heavy atom. The van der Waals surface area contributed by atoms with E-state index < -0.39 is 25.7 Å². The molecular weight excluding hydrogens is 342 g/mol. The fourth-order valence-electron chi connectivity index (χ4n) is 2.75. The molecule has 9 heteroatoms. The van der Waals surface area contributed by atoms with E-state index in [1.54, 1.807) is 0 Å². The Kier molecular flexibility index (Phi) is 5.68. The van der Waals surface area contributed by atoms with Gasteiger partial charge in [-0.3, -0.25) is 13.3 Å². The minimum absolute atomic E-state index is 0.0766. The van der Waals surface area contributed by atoms with Crippen LogP contribution < -0.4 is 0 Å². The molecule has 0 atom stereocenters. The van der Waals surface area contributed by atoms with Gasteiger partial charge in [0, 0.05) is 25.0 Å². The van der Waals surface area contributed by atoms with Crippen LogP contribution >= 0.6 is 0 Å². The third kappa shape index (κ3) is 6.34. The van der Waals surface area contributed by atoms with E-state index >= 15 is 0 Å². The molecule has 1 saturated heterocycles. The largest absolute Gasteiger partial charge is 0.298 e. The molecule has 0 saturated carbocycles. The molecular formula is C14H23NO6S2. The predicted molar refractivity (Wildman–Crippen MR) is 86.9 cm³/mol. The smallest absolute Gasteiger partial charge is 0.264 e. The Labute approximate surface area is 138 Å². The van der Waals surface area contributed by atoms with E-state index in [4.69, 9.17) is 8.37 Å².